The van der Waals surface area contributed by atoms with Crippen LogP contribution in [0.5, 0.6) is 17.2 Å². The maximum absolute atomic E-state index is 13.7. The van der Waals surface area contributed by atoms with Gasteiger partial charge in [-0.3, -0.25) is 18.6 Å². The van der Waals surface area contributed by atoms with Crippen LogP contribution >= 0.6 is 0 Å². The lowest BCUT2D eigenvalue weighted by Gasteiger charge is -2.43. The highest BCUT2D eigenvalue weighted by atomic mass is 32.2. The molecule has 0 bridgehead atoms. The number of aliphatic hydroxyl groups is 2. The summed E-state index contributed by atoms with van der Waals surface area (Å²) in [6, 6.07) is 3.59. The van der Waals surface area contributed by atoms with Crippen molar-refractivity contribution in [2.24, 2.45) is 0 Å². The molecule has 7 atom stereocenters. The van der Waals surface area contributed by atoms with Crippen LogP contribution in [0.15, 0.2) is 18.2 Å². The minimum Gasteiger partial charge on any atom is -0.771 e. The van der Waals surface area contributed by atoms with Crippen LogP contribution in [0.25, 0.3) is 0 Å². The van der Waals surface area contributed by atoms with Crippen LogP contribution in [0.1, 0.15) is 75.8 Å². The molecular weight excluding hydrogens is 574 g/mol. The first-order valence-corrected chi connectivity index (χ1v) is 14.4. The van der Waals surface area contributed by atoms with E-state index in [0.717, 1.165) is 6.92 Å². The Morgan fingerprint density at radius 1 is 1.19 bits per heavy atom. The molecule has 2 aromatic carbocycles. The highest BCUT2D eigenvalue weighted by molar-refractivity contribution is 7.79. The van der Waals surface area contributed by atoms with Crippen LogP contribution < -0.4 is 10.1 Å². The van der Waals surface area contributed by atoms with E-state index in [1.165, 1.54) is 25.3 Å². The first kappa shape index (κ1) is 30.2. The number of carbonyl (C=O) groups excluding carboxylic acids is 3. The molecule has 1 heterocycles. The fraction of sp³-hybridized carbons (Fsp3) is 0.464. The number of hydrogen-bond acceptors (Lipinski definition) is 13. The summed E-state index contributed by atoms with van der Waals surface area (Å²) in [7, 11) is 1.32. The Kier molecular flexibility index (Phi) is 8.00. The minimum atomic E-state index is -2.44. The fourth-order valence-electron chi connectivity index (χ4n) is 6.00. The summed E-state index contributed by atoms with van der Waals surface area (Å²) in [4.78, 5) is 39.8. The predicted octanol–water partition coefficient (Wildman–Crippen LogP) is 0.496. The van der Waals surface area contributed by atoms with Gasteiger partial charge in [-0.2, -0.15) is 0 Å². The van der Waals surface area contributed by atoms with E-state index in [4.69, 9.17) is 14.2 Å². The minimum absolute atomic E-state index is 0.0485. The molecule has 2 aliphatic carbocycles. The lowest BCUT2D eigenvalue weighted by atomic mass is 9.72. The normalized spacial score (nSPS) is 29.3. The van der Waals surface area contributed by atoms with Crippen LogP contribution in [0, 0.1) is 0 Å². The number of benzene rings is 2. The number of fused-ring (bicyclic) bond motifs is 3. The molecule has 1 fully saturated rings. The van der Waals surface area contributed by atoms with Gasteiger partial charge in [0.2, 0.25) is 5.78 Å². The summed E-state index contributed by atoms with van der Waals surface area (Å²) < 4.78 is 39.3. The Labute approximate surface area is 242 Å². The zero-order valence-electron chi connectivity index (χ0n) is 22.9. The second-order valence-corrected chi connectivity index (χ2v) is 11.6. The number of ether oxygens (including phenoxy) is 3. The molecule has 1 saturated heterocycles. The van der Waals surface area contributed by atoms with E-state index in [2.05, 4.69) is 5.32 Å². The van der Waals surface area contributed by atoms with E-state index in [-0.39, 0.29) is 34.4 Å². The summed E-state index contributed by atoms with van der Waals surface area (Å²) in [5.41, 5.74) is -3.41. The van der Waals surface area contributed by atoms with Gasteiger partial charge in [0.25, 0.3) is 0 Å². The van der Waals surface area contributed by atoms with Gasteiger partial charge >= 0.3 is 0 Å². The number of rotatable bonds is 7. The number of aromatic hydroxyl groups is 2. The molecule has 2 aromatic rings. The molecular formula is C28H30NO12S-. The van der Waals surface area contributed by atoms with E-state index in [9.17, 15) is 43.6 Å². The molecule has 1 aliphatic heterocycles. The third-order valence-electron chi connectivity index (χ3n) is 8.22. The van der Waals surface area contributed by atoms with Crippen LogP contribution in [-0.2, 0) is 31.8 Å². The van der Waals surface area contributed by atoms with Crippen molar-refractivity contribution in [3.8, 4) is 17.2 Å². The molecule has 42 heavy (non-hydrogen) atoms. The summed E-state index contributed by atoms with van der Waals surface area (Å²) in [6.45, 7) is 2.69. The van der Waals surface area contributed by atoms with Crippen molar-refractivity contribution in [2.45, 2.75) is 69.4 Å². The van der Waals surface area contributed by atoms with Crippen molar-refractivity contribution >= 4 is 28.4 Å². The number of carbonyl (C=O) groups is 3. The fourth-order valence-corrected chi connectivity index (χ4v) is 6.35. The topological polar surface area (TPSA) is 212 Å². The maximum Gasteiger partial charge on any atom is 0.202 e. The molecule has 0 radical (unpaired) electrons. The van der Waals surface area contributed by atoms with Crippen molar-refractivity contribution in [3.05, 3.63) is 51.6 Å². The number of nitrogens with one attached hydrogen (secondary N) is 1. The van der Waals surface area contributed by atoms with Crippen molar-refractivity contribution in [1.82, 2.24) is 5.32 Å². The van der Waals surface area contributed by atoms with Crippen LogP contribution in [0.3, 0.4) is 0 Å². The number of phenolic OH excluding ortho intramolecular Hbond substituents is 2. The largest absolute Gasteiger partial charge is 0.771 e. The number of hydrogen-bond donors (Lipinski definition) is 5. The molecule has 0 amide bonds. The molecule has 3 aliphatic rings. The average molecular weight is 605 g/mol. The number of aliphatic hydroxyl groups excluding tert-OH is 1. The lowest BCUT2D eigenvalue weighted by molar-refractivity contribution is -0.249. The maximum atomic E-state index is 13.7. The first-order chi connectivity index (χ1) is 19.8. The Morgan fingerprint density at radius 3 is 2.52 bits per heavy atom. The van der Waals surface area contributed by atoms with Gasteiger partial charge in [0.05, 0.1) is 48.0 Å². The molecule has 5 N–H and O–H groups in total. The zero-order chi connectivity index (χ0) is 30.7. The quantitative estimate of drug-likeness (QED) is 0.184. The number of methoxy groups -OCH3 is 1. The highest BCUT2D eigenvalue weighted by Crippen LogP contribution is 2.52. The van der Waals surface area contributed by atoms with E-state index in [1.807, 2.05) is 0 Å². The molecule has 0 saturated carbocycles. The van der Waals surface area contributed by atoms with E-state index in [0.29, 0.717) is 0 Å². The van der Waals surface area contributed by atoms with E-state index >= 15 is 0 Å². The second-order valence-electron chi connectivity index (χ2n) is 10.7. The molecule has 0 spiro atoms. The summed E-state index contributed by atoms with van der Waals surface area (Å²) in [6.07, 6.45) is -5.33. The predicted molar refractivity (Wildman–Crippen MR) is 143 cm³/mol. The van der Waals surface area contributed by atoms with Gasteiger partial charge < -0.3 is 44.5 Å². The molecule has 14 heteroatoms. The monoisotopic (exact) mass is 604 g/mol. The van der Waals surface area contributed by atoms with E-state index < -0.39 is 106 Å². The smallest absolute Gasteiger partial charge is 0.202 e. The first-order valence-electron chi connectivity index (χ1n) is 13.2. The summed E-state index contributed by atoms with van der Waals surface area (Å²) >= 11 is -2.44. The molecule has 5 unspecified atom stereocenters. The zero-order valence-corrected chi connectivity index (χ0v) is 23.7. The van der Waals surface area contributed by atoms with E-state index in [1.54, 1.807) is 6.92 Å². The molecule has 226 valence electrons. The SMILES string of the molecule is COc1cccc2c1C(=O)c1c(O)c3c(c(O)c1C2=O)C[C@@](O)(C(C)=O)C[C@@H]3OC1CC(NCS(=O)[O-])C(O)C(C)O1. The third-order valence-corrected chi connectivity index (χ3v) is 8.62. The number of Topliss-reactive ketones (excluding diaryl/α,β-unsaturated/α-hetero) is 1. The molecule has 0 aromatic heterocycles. The Balaban J connectivity index is 1.61. The van der Waals surface area contributed by atoms with Gasteiger partial charge in [0, 0.05) is 42.0 Å². The Hall–Kier alpha value is -3.24. The van der Waals surface area contributed by atoms with Crippen molar-refractivity contribution in [2.75, 3.05) is 13.0 Å². The van der Waals surface area contributed by atoms with Crippen molar-refractivity contribution in [3.63, 3.8) is 0 Å². The van der Waals surface area contributed by atoms with Gasteiger partial charge in [0.15, 0.2) is 17.9 Å². The van der Waals surface area contributed by atoms with Crippen molar-refractivity contribution < 1.29 is 57.8 Å². The van der Waals surface area contributed by atoms with Crippen LogP contribution in [0.4, 0.5) is 0 Å². The Bertz CT molecular complexity index is 1510. The molecule has 5 rings (SSSR count). The summed E-state index contributed by atoms with van der Waals surface area (Å²) in [5.74, 6) is -3.90. The standard InChI is InChI=1S/C28H31NO12S/c1-11-23(31)15(29-10-42(37)38)7-18(40-11)41-17-9-28(36,12(2)30)8-14-20(17)27(35)22-21(25(14)33)24(32)13-5-4-6-16(39-3)19(13)26(22)34/h4-6,11,15,17-18,23,29,31,33,35-36H,7-10H2,1-3H3,(H,37,38)/p-1/t11?,15?,17-,18?,23?,28-/m0/s1. The second kappa shape index (κ2) is 11.1. The molecule has 13 nitrogen and oxygen atoms in total. The Morgan fingerprint density at radius 2 is 1.88 bits per heavy atom. The average Bonchev–Trinajstić information content (AvgIpc) is 2.93. The number of ketones is 3. The van der Waals surface area contributed by atoms with Gasteiger partial charge in [-0.25, -0.2) is 0 Å². The highest BCUT2D eigenvalue weighted by Gasteiger charge is 2.49. The van der Waals surface area contributed by atoms with Gasteiger partial charge in [0.1, 0.15) is 22.8 Å². The van der Waals surface area contributed by atoms with Crippen LogP contribution in [-0.4, -0.2) is 89.7 Å². The van der Waals surface area contributed by atoms with Gasteiger partial charge in [-0.15, -0.1) is 0 Å². The number of phenols is 2. The third kappa shape index (κ3) is 4.92. The lowest BCUT2D eigenvalue weighted by Crippen LogP contribution is -2.55. The van der Waals surface area contributed by atoms with Crippen LogP contribution in [0.2, 0.25) is 0 Å². The van der Waals surface area contributed by atoms with Gasteiger partial charge in [-0.05, 0) is 31.0 Å². The van der Waals surface area contributed by atoms with Crippen molar-refractivity contribution in [1.29, 1.82) is 0 Å². The van der Waals surface area contributed by atoms with Gasteiger partial charge in [-0.1, -0.05) is 12.1 Å². The summed E-state index contributed by atoms with van der Waals surface area (Å²) in [5, 5.41) is 47.4.